The van der Waals surface area contributed by atoms with Crippen molar-refractivity contribution in [3.63, 3.8) is 0 Å². The van der Waals surface area contributed by atoms with Crippen LogP contribution in [0.15, 0.2) is 53.4 Å². The first kappa shape index (κ1) is 29.5. The van der Waals surface area contributed by atoms with Crippen LogP contribution in [0.3, 0.4) is 0 Å². The summed E-state index contributed by atoms with van der Waals surface area (Å²) < 4.78 is 24.0. The summed E-state index contributed by atoms with van der Waals surface area (Å²) in [7, 11) is -4.20. The van der Waals surface area contributed by atoms with Gasteiger partial charge in [0.25, 0.3) is 0 Å². The number of nitrogens with two attached hydrogens (primary N) is 4. The molecule has 3 amide bonds. The van der Waals surface area contributed by atoms with E-state index in [0.717, 1.165) is 18.2 Å². The number of imidazole rings is 1. The predicted molar refractivity (Wildman–Crippen MR) is 151 cm³/mol. The number of hydrogen-bond acceptors (Lipinski definition) is 9. The highest BCUT2D eigenvalue weighted by atomic mass is 32.2. The van der Waals surface area contributed by atoms with Crippen molar-refractivity contribution >= 4 is 44.6 Å². The first-order valence-electron chi connectivity index (χ1n) is 12.1. The molecule has 3 aromatic carbocycles. The number of aromatic hydroxyl groups is 2. The van der Waals surface area contributed by atoms with Crippen molar-refractivity contribution in [1.82, 2.24) is 15.3 Å². The van der Waals surface area contributed by atoms with Crippen LogP contribution in [0.1, 0.15) is 17.5 Å². The number of primary amides is 2. The summed E-state index contributed by atoms with van der Waals surface area (Å²) in [5, 5.41) is 37.2. The maximum atomic E-state index is 12.8. The average Bonchev–Trinajstić information content (AvgIpc) is 3.32. The highest BCUT2D eigenvalue weighted by Crippen LogP contribution is 2.42. The number of nitrogen functional groups attached to an aromatic ring is 1. The monoisotopic (exact) mass is 594 g/mol. The molecule has 1 unspecified atom stereocenters. The highest BCUT2D eigenvalue weighted by molar-refractivity contribution is 7.89. The molecule has 0 spiro atoms. The summed E-state index contributed by atoms with van der Waals surface area (Å²) in [5.74, 6) is -3.48. The Bertz CT molecular complexity index is 1890. The lowest BCUT2D eigenvalue weighted by molar-refractivity contribution is -0.129. The van der Waals surface area contributed by atoms with E-state index in [-0.39, 0.29) is 38.8 Å². The van der Waals surface area contributed by atoms with Crippen LogP contribution in [0, 0.1) is 5.41 Å². The largest absolute Gasteiger partial charge is 0.507 e. The molecule has 4 rings (SSSR count). The average molecular weight is 595 g/mol. The minimum Gasteiger partial charge on any atom is -0.507 e. The molecule has 13 N–H and O–H groups in total. The lowest BCUT2D eigenvalue weighted by Gasteiger charge is -2.16. The number of phenols is 2. The molecule has 0 radical (unpaired) electrons. The number of hydrogen-bond donors (Lipinski definition) is 9. The van der Waals surface area contributed by atoms with Gasteiger partial charge in [0, 0.05) is 16.7 Å². The molecule has 218 valence electrons. The molecule has 0 aliphatic heterocycles. The lowest BCUT2D eigenvalue weighted by atomic mass is 9.95. The Kier molecular flexibility index (Phi) is 7.86. The Balaban J connectivity index is 1.87. The highest BCUT2D eigenvalue weighted by Gasteiger charge is 2.24. The Morgan fingerprint density at radius 2 is 1.67 bits per heavy atom. The van der Waals surface area contributed by atoms with Gasteiger partial charge in [0.05, 0.1) is 34.3 Å². The maximum absolute atomic E-state index is 12.8. The SMILES string of the molecule is N=C(N)c1ccc2nc(-c3cc(CC(=O)NC(CC(N)=O)C(N)=O)cc(-c4cc(S(N)(=O)=O)ccc4O)c3O)[nH]c2c1. The second-order valence-corrected chi connectivity index (χ2v) is 10.9. The molecule has 0 aliphatic rings. The van der Waals surface area contributed by atoms with Crippen molar-refractivity contribution in [1.29, 1.82) is 5.41 Å². The number of amides is 3. The van der Waals surface area contributed by atoms with Gasteiger partial charge in [-0.2, -0.15) is 0 Å². The zero-order valence-corrected chi connectivity index (χ0v) is 22.5. The van der Waals surface area contributed by atoms with Gasteiger partial charge >= 0.3 is 0 Å². The van der Waals surface area contributed by atoms with Crippen molar-refractivity contribution in [3.8, 4) is 34.0 Å². The van der Waals surface area contributed by atoms with Crippen molar-refractivity contribution in [2.24, 2.45) is 22.3 Å². The molecule has 0 aliphatic carbocycles. The van der Waals surface area contributed by atoms with E-state index in [1.165, 1.54) is 12.1 Å². The summed E-state index contributed by atoms with van der Waals surface area (Å²) in [6, 6.07) is 9.35. The molecule has 4 aromatic rings. The van der Waals surface area contributed by atoms with Crippen LogP contribution in [0.2, 0.25) is 0 Å². The third kappa shape index (κ3) is 6.29. The van der Waals surface area contributed by atoms with Crippen LogP contribution in [-0.2, 0) is 30.8 Å². The van der Waals surface area contributed by atoms with Crippen LogP contribution in [0.4, 0.5) is 0 Å². The van der Waals surface area contributed by atoms with Gasteiger partial charge in [-0.15, -0.1) is 0 Å². The number of phenolic OH excluding ortho intramolecular Hbond substituents is 2. The van der Waals surface area contributed by atoms with E-state index in [4.69, 9.17) is 27.7 Å². The van der Waals surface area contributed by atoms with Crippen molar-refractivity contribution in [3.05, 3.63) is 59.7 Å². The molecule has 42 heavy (non-hydrogen) atoms. The summed E-state index contributed by atoms with van der Waals surface area (Å²) >= 11 is 0. The fourth-order valence-corrected chi connectivity index (χ4v) is 4.79. The van der Waals surface area contributed by atoms with Crippen LogP contribution >= 0.6 is 0 Å². The molecule has 1 aromatic heterocycles. The van der Waals surface area contributed by atoms with Gasteiger partial charge in [-0.1, -0.05) is 0 Å². The topological polar surface area (TPSA) is 294 Å². The van der Waals surface area contributed by atoms with Crippen molar-refractivity contribution < 1.29 is 33.0 Å². The van der Waals surface area contributed by atoms with E-state index in [0.29, 0.717) is 16.6 Å². The fraction of sp³-hybridized carbons (Fsp3) is 0.115. The quantitative estimate of drug-likeness (QED) is 0.0853. The van der Waals surface area contributed by atoms with Gasteiger partial charge in [0.1, 0.15) is 29.2 Å². The Labute approximate surface area is 238 Å². The van der Waals surface area contributed by atoms with Crippen molar-refractivity contribution in [2.45, 2.75) is 23.8 Å². The van der Waals surface area contributed by atoms with Gasteiger partial charge < -0.3 is 37.7 Å². The van der Waals surface area contributed by atoms with Crippen LogP contribution < -0.4 is 27.7 Å². The van der Waals surface area contributed by atoms with Crippen molar-refractivity contribution in [2.75, 3.05) is 0 Å². The number of fused-ring (bicyclic) bond motifs is 1. The molecule has 0 saturated carbocycles. The Morgan fingerprint density at radius 3 is 2.29 bits per heavy atom. The second kappa shape index (κ2) is 11.2. The molecule has 16 heteroatoms. The normalized spacial score (nSPS) is 12.1. The first-order chi connectivity index (χ1) is 19.6. The van der Waals surface area contributed by atoms with Gasteiger partial charge in [-0.25, -0.2) is 18.5 Å². The predicted octanol–water partition coefficient (Wildman–Crippen LogP) is -0.372. The van der Waals surface area contributed by atoms with Gasteiger partial charge in [0.15, 0.2) is 0 Å². The molecule has 1 atom stereocenters. The zero-order valence-electron chi connectivity index (χ0n) is 21.7. The summed E-state index contributed by atoms with van der Waals surface area (Å²) in [4.78, 5) is 43.0. The number of sulfonamides is 1. The number of H-pyrrole nitrogens is 1. The standard InChI is InChI=1S/C26H26N8O7S/c27-21(36)10-19(25(30)39)32-22(37)7-11-5-15(14-9-13(42(31,40)41)2-4-20(14)35)23(38)16(6-11)26-33-17-3-1-12(24(28)29)8-18(17)34-26/h1-6,8-9,19,35,38H,7,10H2,(H2,27,36)(H3,28,29)(H2,30,39)(H,32,37)(H,33,34)(H2,31,40,41). The lowest BCUT2D eigenvalue weighted by Crippen LogP contribution is -2.47. The number of aromatic amines is 1. The van der Waals surface area contributed by atoms with Crippen LogP contribution in [0.25, 0.3) is 33.5 Å². The molecule has 15 nitrogen and oxygen atoms in total. The number of amidine groups is 1. The summed E-state index contributed by atoms with van der Waals surface area (Å²) in [6.07, 6.45) is -0.935. The smallest absolute Gasteiger partial charge is 0.240 e. The molecule has 0 fully saturated rings. The van der Waals surface area contributed by atoms with E-state index in [1.54, 1.807) is 18.2 Å². The Morgan fingerprint density at radius 1 is 0.976 bits per heavy atom. The molecule has 0 saturated heterocycles. The summed E-state index contributed by atoms with van der Waals surface area (Å²) in [5.41, 5.74) is 17.4. The van der Waals surface area contributed by atoms with Gasteiger partial charge in [-0.3, -0.25) is 19.8 Å². The molecular weight excluding hydrogens is 568 g/mol. The second-order valence-electron chi connectivity index (χ2n) is 9.36. The van der Waals surface area contributed by atoms with E-state index in [2.05, 4.69) is 15.3 Å². The van der Waals surface area contributed by atoms with E-state index < -0.39 is 58.1 Å². The zero-order chi connectivity index (χ0) is 30.9. The number of benzene rings is 3. The minimum absolute atomic E-state index is 0.0554. The number of primary sulfonamides is 1. The minimum atomic E-state index is -4.20. The molecule has 0 bridgehead atoms. The number of rotatable bonds is 10. The fourth-order valence-electron chi connectivity index (χ4n) is 4.25. The third-order valence-corrected chi connectivity index (χ3v) is 7.16. The number of aromatic nitrogens is 2. The first-order valence-corrected chi connectivity index (χ1v) is 13.6. The van der Waals surface area contributed by atoms with Gasteiger partial charge in [-0.05, 0) is 54.1 Å². The van der Waals surface area contributed by atoms with E-state index in [1.807, 2.05) is 0 Å². The number of nitrogens with zero attached hydrogens (tertiary/aromatic N) is 1. The number of carbonyl (C=O) groups is 3. The van der Waals surface area contributed by atoms with E-state index >= 15 is 0 Å². The Hall–Kier alpha value is -5.48. The number of carbonyl (C=O) groups excluding carboxylic acids is 3. The van der Waals surface area contributed by atoms with Crippen LogP contribution in [-0.4, -0.2) is 58.2 Å². The molecule has 1 heterocycles. The number of nitrogens with one attached hydrogen (secondary N) is 3. The molecular formula is C26H26N8O7S. The summed E-state index contributed by atoms with van der Waals surface area (Å²) in [6.45, 7) is 0. The van der Waals surface area contributed by atoms with Gasteiger partial charge in [0.2, 0.25) is 27.7 Å². The third-order valence-electron chi connectivity index (χ3n) is 6.25. The van der Waals surface area contributed by atoms with E-state index in [9.17, 15) is 33.0 Å². The maximum Gasteiger partial charge on any atom is 0.240 e. The van der Waals surface area contributed by atoms with Crippen LogP contribution in [0.5, 0.6) is 11.5 Å².